The van der Waals surface area contributed by atoms with Crippen LogP contribution in [0.3, 0.4) is 0 Å². The molecule has 0 fully saturated rings. The molecule has 0 saturated carbocycles. The number of hydrogen-bond acceptors (Lipinski definition) is 6. The summed E-state index contributed by atoms with van der Waals surface area (Å²) in [7, 11) is 0. The van der Waals surface area contributed by atoms with Crippen molar-refractivity contribution in [2.45, 2.75) is 19.8 Å². The maximum Gasteiger partial charge on any atom is 0.359 e. The number of nitrogens with zero attached hydrogens (tertiary/aromatic N) is 2. The summed E-state index contributed by atoms with van der Waals surface area (Å²) >= 11 is 0. The van der Waals surface area contributed by atoms with Crippen LogP contribution < -0.4 is 5.32 Å². The van der Waals surface area contributed by atoms with Gasteiger partial charge in [-0.3, -0.25) is 4.79 Å². The number of carbonyl (C=O) groups is 3. The van der Waals surface area contributed by atoms with E-state index in [2.05, 4.69) is 10.3 Å². The van der Waals surface area contributed by atoms with Crippen molar-refractivity contribution in [3.8, 4) is 0 Å². The zero-order valence-electron chi connectivity index (χ0n) is 16.0. The number of ether oxygens (including phenoxy) is 2. The van der Waals surface area contributed by atoms with Crippen LogP contribution in [0, 0.1) is 0 Å². The lowest BCUT2D eigenvalue weighted by molar-refractivity contribution is -0.119. The summed E-state index contributed by atoms with van der Waals surface area (Å²) in [5, 5.41) is 2.60. The Balaban J connectivity index is 1.48. The van der Waals surface area contributed by atoms with Crippen LogP contribution >= 0.6 is 0 Å². The monoisotopic (exact) mass is 395 g/mol. The smallest absolute Gasteiger partial charge is 0.359 e. The Morgan fingerprint density at radius 1 is 1.03 bits per heavy atom. The molecule has 2 aromatic heterocycles. The van der Waals surface area contributed by atoms with Gasteiger partial charge in [-0.1, -0.05) is 19.4 Å². The zero-order chi connectivity index (χ0) is 20.6. The van der Waals surface area contributed by atoms with E-state index in [0.29, 0.717) is 23.5 Å². The second-order valence-corrected chi connectivity index (χ2v) is 6.28. The fourth-order valence-corrected chi connectivity index (χ4v) is 2.52. The number of carbonyl (C=O) groups excluding carboxylic acids is 3. The minimum Gasteiger partial charge on any atom is -0.462 e. The average Bonchev–Trinajstić information content (AvgIpc) is 3.17. The Kier molecular flexibility index (Phi) is 6.57. The number of unbranched alkanes of at least 4 members (excludes halogenated alkanes) is 1. The van der Waals surface area contributed by atoms with Gasteiger partial charge in [0.25, 0.3) is 5.91 Å². The van der Waals surface area contributed by atoms with E-state index in [1.54, 1.807) is 47.0 Å². The van der Waals surface area contributed by atoms with Crippen molar-refractivity contribution in [3.05, 3.63) is 66.1 Å². The number of rotatable bonds is 8. The molecule has 0 aliphatic rings. The van der Waals surface area contributed by atoms with Crippen molar-refractivity contribution < 1.29 is 23.9 Å². The molecule has 0 radical (unpaired) electrons. The van der Waals surface area contributed by atoms with Gasteiger partial charge >= 0.3 is 11.9 Å². The fraction of sp³-hybridized carbons (Fsp3) is 0.238. The summed E-state index contributed by atoms with van der Waals surface area (Å²) in [5.41, 5.74) is 1.61. The van der Waals surface area contributed by atoms with Gasteiger partial charge in [-0.15, -0.1) is 0 Å². The highest BCUT2D eigenvalue weighted by atomic mass is 16.5. The van der Waals surface area contributed by atoms with E-state index in [1.165, 1.54) is 6.20 Å². The number of nitrogens with one attached hydrogen (secondary N) is 1. The quantitative estimate of drug-likeness (QED) is 0.465. The predicted octanol–water partition coefficient (Wildman–Crippen LogP) is 3.09. The highest BCUT2D eigenvalue weighted by molar-refractivity contribution is 5.95. The van der Waals surface area contributed by atoms with Crippen LogP contribution in [0.25, 0.3) is 5.65 Å². The number of anilines is 1. The third kappa shape index (κ3) is 5.41. The highest BCUT2D eigenvalue weighted by Crippen LogP contribution is 2.11. The van der Waals surface area contributed by atoms with Gasteiger partial charge in [-0.05, 0) is 42.8 Å². The first kappa shape index (κ1) is 20.1. The molecule has 0 unspecified atom stereocenters. The van der Waals surface area contributed by atoms with Crippen molar-refractivity contribution in [3.63, 3.8) is 0 Å². The minimum atomic E-state index is -0.686. The van der Waals surface area contributed by atoms with Gasteiger partial charge in [0.2, 0.25) is 0 Å². The molecule has 0 saturated heterocycles. The van der Waals surface area contributed by atoms with Crippen molar-refractivity contribution in [1.29, 1.82) is 0 Å². The second-order valence-electron chi connectivity index (χ2n) is 6.28. The third-order valence-corrected chi connectivity index (χ3v) is 4.04. The average molecular weight is 395 g/mol. The lowest BCUT2D eigenvalue weighted by Gasteiger charge is -2.07. The molecular weight excluding hydrogens is 374 g/mol. The molecule has 1 aromatic carbocycles. The number of esters is 2. The molecule has 0 aliphatic heterocycles. The summed E-state index contributed by atoms with van der Waals surface area (Å²) in [5.74, 6) is -1.59. The van der Waals surface area contributed by atoms with Gasteiger partial charge in [0, 0.05) is 18.1 Å². The number of pyridine rings is 1. The molecule has 1 amide bonds. The van der Waals surface area contributed by atoms with Crippen LogP contribution in [0.2, 0.25) is 0 Å². The molecule has 1 N–H and O–H groups in total. The number of imidazole rings is 1. The van der Waals surface area contributed by atoms with E-state index in [-0.39, 0.29) is 5.69 Å². The van der Waals surface area contributed by atoms with Gasteiger partial charge in [-0.2, -0.15) is 0 Å². The van der Waals surface area contributed by atoms with Crippen molar-refractivity contribution >= 4 is 29.2 Å². The number of benzene rings is 1. The number of aromatic nitrogens is 2. The first-order valence-corrected chi connectivity index (χ1v) is 9.24. The molecule has 0 aliphatic carbocycles. The second kappa shape index (κ2) is 9.50. The maximum absolute atomic E-state index is 12.1. The van der Waals surface area contributed by atoms with Crippen LogP contribution in [0.15, 0.2) is 54.9 Å². The van der Waals surface area contributed by atoms with Gasteiger partial charge in [0.15, 0.2) is 12.3 Å². The van der Waals surface area contributed by atoms with E-state index in [9.17, 15) is 14.4 Å². The molecule has 0 spiro atoms. The Morgan fingerprint density at radius 3 is 2.55 bits per heavy atom. The zero-order valence-corrected chi connectivity index (χ0v) is 16.0. The van der Waals surface area contributed by atoms with Gasteiger partial charge in [0.05, 0.1) is 12.2 Å². The molecule has 3 rings (SSSR count). The highest BCUT2D eigenvalue weighted by Gasteiger charge is 2.14. The lowest BCUT2D eigenvalue weighted by atomic mass is 10.2. The number of amides is 1. The Labute approximate surface area is 167 Å². The van der Waals surface area contributed by atoms with Crippen LogP contribution in [0.5, 0.6) is 0 Å². The summed E-state index contributed by atoms with van der Waals surface area (Å²) in [6, 6.07) is 11.7. The van der Waals surface area contributed by atoms with Crippen molar-refractivity contribution in [1.82, 2.24) is 9.38 Å². The van der Waals surface area contributed by atoms with E-state index in [0.717, 1.165) is 12.8 Å². The molecule has 2 heterocycles. The number of hydrogen-bond donors (Lipinski definition) is 1. The molecular formula is C21H21N3O5. The van der Waals surface area contributed by atoms with Crippen molar-refractivity contribution in [2.24, 2.45) is 0 Å². The molecule has 8 nitrogen and oxygen atoms in total. The number of fused-ring (bicyclic) bond motifs is 1. The summed E-state index contributed by atoms with van der Waals surface area (Å²) in [6.07, 6.45) is 5.05. The summed E-state index contributed by atoms with van der Waals surface area (Å²) < 4.78 is 11.8. The van der Waals surface area contributed by atoms with Crippen LogP contribution in [-0.2, 0) is 14.3 Å². The third-order valence-electron chi connectivity index (χ3n) is 4.04. The normalized spacial score (nSPS) is 10.5. The van der Waals surface area contributed by atoms with Crippen molar-refractivity contribution in [2.75, 3.05) is 18.5 Å². The van der Waals surface area contributed by atoms with Gasteiger partial charge in [0.1, 0.15) is 5.65 Å². The van der Waals surface area contributed by atoms with Crippen LogP contribution in [0.1, 0.15) is 40.6 Å². The molecule has 29 heavy (non-hydrogen) atoms. The lowest BCUT2D eigenvalue weighted by Crippen LogP contribution is -2.21. The summed E-state index contributed by atoms with van der Waals surface area (Å²) in [4.78, 5) is 40.1. The molecule has 8 heteroatoms. The fourth-order valence-electron chi connectivity index (χ4n) is 2.52. The minimum absolute atomic E-state index is 0.120. The molecule has 3 aromatic rings. The molecule has 0 bridgehead atoms. The molecule has 150 valence electrons. The Bertz CT molecular complexity index is 978. The van der Waals surface area contributed by atoms with Gasteiger partial charge in [-0.25, -0.2) is 14.6 Å². The summed E-state index contributed by atoms with van der Waals surface area (Å²) in [6.45, 7) is 1.94. The van der Waals surface area contributed by atoms with Crippen LogP contribution in [0.4, 0.5) is 5.69 Å². The standard InChI is InChI=1S/C21H21N3O5/c1-2-3-12-28-20(26)15-7-9-16(10-8-15)22-19(25)14-29-21(27)17-13-24-11-5-4-6-18(24)23-17/h4-11,13H,2-3,12,14H2,1H3,(H,22,25). The Morgan fingerprint density at radius 2 is 1.83 bits per heavy atom. The SMILES string of the molecule is CCCCOC(=O)c1ccc(NC(=O)COC(=O)c2cn3ccccc3n2)cc1. The Hall–Kier alpha value is -3.68. The first-order valence-electron chi connectivity index (χ1n) is 9.24. The van der Waals surface area contributed by atoms with Gasteiger partial charge < -0.3 is 19.2 Å². The molecule has 0 atom stereocenters. The van der Waals surface area contributed by atoms with E-state index in [1.807, 2.05) is 13.0 Å². The van der Waals surface area contributed by atoms with E-state index in [4.69, 9.17) is 9.47 Å². The first-order chi connectivity index (χ1) is 14.1. The van der Waals surface area contributed by atoms with Crippen LogP contribution in [-0.4, -0.2) is 40.4 Å². The predicted molar refractivity (Wildman–Crippen MR) is 106 cm³/mol. The van der Waals surface area contributed by atoms with E-state index < -0.39 is 24.5 Å². The maximum atomic E-state index is 12.1. The topological polar surface area (TPSA) is 99.0 Å². The largest absolute Gasteiger partial charge is 0.462 e. The van der Waals surface area contributed by atoms with E-state index >= 15 is 0 Å².